The van der Waals surface area contributed by atoms with Crippen LogP contribution in [0.2, 0.25) is 0 Å². The fourth-order valence-corrected chi connectivity index (χ4v) is 3.09. The predicted molar refractivity (Wildman–Crippen MR) is 80.3 cm³/mol. The van der Waals surface area contributed by atoms with Crippen molar-refractivity contribution in [2.24, 2.45) is 0 Å². The van der Waals surface area contributed by atoms with Crippen molar-refractivity contribution in [1.29, 1.82) is 0 Å². The molecule has 1 heterocycles. The molecule has 0 aliphatic heterocycles. The van der Waals surface area contributed by atoms with Gasteiger partial charge in [0.15, 0.2) is 0 Å². The Hall–Kier alpha value is -0.830. The molecule has 0 atom stereocenters. The van der Waals surface area contributed by atoms with Crippen LogP contribution in [0.1, 0.15) is 76.6 Å². The first-order chi connectivity index (χ1) is 9.22. The van der Waals surface area contributed by atoms with Gasteiger partial charge in [0.1, 0.15) is 0 Å². The van der Waals surface area contributed by atoms with Crippen molar-refractivity contribution in [3.63, 3.8) is 0 Å². The Balaban J connectivity index is 2.11. The second-order valence-electron chi connectivity index (χ2n) is 6.10. The minimum Gasteiger partial charge on any atom is -0.310 e. The highest BCUT2D eigenvalue weighted by atomic mass is 15.3. The largest absolute Gasteiger partial charge is 0.310 e. The third kappa shape index (κ3) is 3.82. The second kappa shape index (κ2) is 7.09. The molecule has 19 heavy (non-hydrogen) atoms. The summed E-state index contributed by atoms with van der Waals surface area (Å²) in [6, 6.07) is 1.18. The summed E-state index contributed by atoms with van der Waals surface area (Å²) in [6.45, 7) is 7.60. The van der Waals surface area contributed by atoms with Gasteiger partial charge in [-0.2, -0.15) is 5.10 Å². The summed E-state index contributed by atoms with van der Waals surface area (Å²) in [7, 11) is 0. The van der Waals surface area contributed by atoms with Crippen molar-refractivity contribution in [1.82, 2.24) is 15.1 Å². The van der Waals surface area contributed by atoms with Crippen LogP contribution >= 0.6 is 0 Å². The number of rotatable bonds is 5. The van der Waals surface area contributed by atoms with E-state index >= 15 is 0 Å². The van der Waals surface area contributed by atoms with Gasteiger partial charge in [0.05, 0.1) is 12.2 Å². The first kappa shape index (κ1) is 14.6. The predicted octanol–water partition coefficient (Wildman–Crippen LogP) is 3.84. The highest BCUT2D eigenvalue weighted by Gasteiger charge is 2.19. The lowest BCUT2D eigenvalue weighted by Gasteiger charge is -2.18. The van der Waals surface area contributed by atoms with Gasteiger partial charge in [-0.05, 0) is 19.3 Å². The van der Waals surface area contributed by atoms with Crippen molar-refractivity contribution >= 4 is 0 Å². The summed E-state index contributed by atoms with van der Waals surface area (Å²) in [5, 5.41) is 8.22. The molecule has 0 unspecified atom stereocenters. The Morgan fingerprint density at radius 2 is 1.95 bits per heavy atom. The van der Waals surface area contributed by atoms with Crippen LogP contribution in [0.4, 0.5) is 0 Å². The van der Waals surface area contributed by atoms with Crippen molar-refractivity contribution in [3.8, 4) is 0 Å². The van der Waals surface area contributed by atoms with E-state index in [1.807, 2.05) is 0 Å². The monoisotopic (exact) mass is 263 g/mol. The molecule has 3 heteroatoms. The molecule has 3 nitrogen and oxygen atoms in total. The molecule has 0 amide bonds. The molecule has 1 aliphatic rings. The fraction of sp³-hybridized carbons (Fsp3) is 0.812. The molecule has 108 valence electrons. The summed E-state index contributed by atoms with van der Waals surface area (Å²) in [5.74, 6) is 0. The van der Waals surface area contributed by atoms with E-state index in [9.17, 15) is 0 Å². The third-order valence-electron chi connectivity index (χ3n) is 4.19. The molecule has 1 aromatic heterocycles. The highest BCUT2D eigenvalue weighted by Crippen LogP contribution is 2.28. The summed E-state index contributed by atoms with van der Waals surface area (Å²) in [5.41, 5.74) is 2.83. The Morgan fingerprint density at radius 3 is 2.53 bits per heavy atom. The smallest absolute Gasteiger partial charge is 0.0537 e. The maximum absolute atomic E-state index is 4.71. The SMILES string of the molecule is CCc1c(CNC(C)C)cnn1C1CCCCCC1. The molecule has 0 bridgehead atoms. The second-order valence-corrected chi connectivity index (χ2v) is 6.10. The lowest BCUT2D eigenvalue weighted by molar-refractivity contribution is 0.393. The van der Waals surface area contributed by atoms with Crippen molar-refractivity contribution < 1.29 is 0 Å². The molecule has 0 radical (unpaired) electrons. The summed E-state index contributed by atoms with van der Waals surface area (Å²) in [6.07, 6.45) is 11.3. The number of aromatic nitrogens is 2. The van der Waals surface area contributed by atoms with Crippen LogP contribution in [-0.4, -0.2) is 15.8 Å². The minimum absolute atomic E-state index is 0.533. The van der Waals surface area contributed by atoms with Gasteiger partial charge >= 0.3 is 0 Å². The number of hydrogen-bond donors (Lipinski definition) is 1. The van der Waals surface area contributed by atoms with Gasteiger partial charge in [0.2, 0.25) is 0 Å². The Bertz CT molecular complexity index is 373. The van der Waals surface area contributed by atoms with E-state index in [1.165, 1.54) is 49.8 Å². The minimum atomic E-state index is 0.533. The zero-order valence-corrected chi connectivity index (χ0v) is 12.8. The summed E-state index contributed by atoms with van der Waals surface area (Å²) < 4.78 is 2.34. The summed E-state index contributed by atoms with van der Waals surface area (Å²) >= 11 is 0. The van der Waals surface area contributed by atoms with Crippen LogP contribution in [0.25, 0.3) is 0 Å². The molecule has 2 rings (SSSR count). The average Bonchev–Trinajstić information content (AvgIpc) is 2.60. The first-order valence-corrected chi connectivity index (χ1v) is 8.01. The molecule has 1 fully saturated rings. The lowest BCUT2D eigenvalue weighted by Crippen LogP contribution is -2.22. The van der Waals surface area contributed by atoms with E-state index in [-0.39, 0.29) is 0 Å². The molecule has 1 aliphatic carbocycles. The van der Waals surface area contributed by atoms with Crippen LogP contribution in [-0.2, 0) is 13.0 Å². The van der Waals surface area contributed by atoms with Crippen LogP contribution in [0.15, 0.2) is 6.20 Å². The molecule has 1 aromatic rings. The maximum Gasteiger partial charge on any atom is 0.0537 e. The molecule has 0 saturated heterocycles. The topological polar surface area (TPSA) is 29.9 Å². The Kier molecular flexibility index (Phi) is 5.44. The molecular formula is C16H29N3. The third-order valence-corrected chi connectivity index (χ3v) is 4.19. The molecular weight excluding hydrogens is 234 g/mol. The van der Waals surface area contributed by atoms with E-state index in [0.29, 0.717) is 12.1 Å². The molecule has 1 N–H and O–H groups in total. The standard InChI is InChI=1S/C16H29N3/c1-4-16-14(11-17-13(2)3)12-18-19(16)15-9-7-5-6-8-10-15/h12-13,15,17H,4-11H2,1-3H3. The van der Waals surface area contributed by atoms with Gasteiger partial charge in [0.25, 0.3) is 0 Å². The maximum atomic E-state index is 4.71. The molecule has 0 spiro atoms. The van der Waals surface area contributed by atoms with Crippen LogP contribution in [0.5, 0.6) is 0 Å². The van der Waals surface area contributed by atoms with Gasteiger partial charge in [0, 0.05) is 23.8 Å². The van der Waals surface area contributed by atoms with Crippen molar-refractivity contribution in [3.05, 3.63) is 17.5 Å². The van der Waals surface area contributed by atoms with Gasteiger partial charge in [-0.15, -0.1) is 0 Å². The number of nitrogens with one attached hydrogen (secondary N) is 1. The number of nitrogens with zero attached hydrogens (tertiary/aromatic N) is 2. The highest BCUT2D eigenvalue weighted by molar-refractivity contribution is 5.18. The fourth-order valence-electron chi connectivity index (χ4n) is 3.09. The van der Waals surface area contributed by atoms with E-state index < -0.39 is 0 Å². The van der Waals surface area contributed by atoms with Crippen molar-refractivity contribution in [2.45, 2.75) is 84.3 Å². The van der Waals surface area contributed by atoms with E-state index in [4.69, 9.17) is 5.10 Å². The van der Waals surface area contributed by atoms with Crippen LogP contribution in [0, 0.1) is 0 Å². The van der Waals surface area contributed by atoms with E-state index in [2.05, 4.69) is 37.0 Å². The van der Waals surface area contributed by atoms with Crippen molar-refractivity contribution in [2.75, 3.05) is 0 Å². The van der Waals surface area contributed by atoms with Gasteiger partial charge in [-0.3, -0.25) is 4.68 Å². The zero-order valence-electron chi connectivity index (χ0n) is 12.8. The first-order valence-electron chi connectivity index (χ1n) is 8.01. The van der Waals surface area contributed by atoms with E-state index in [0.717, 1.165) is 13.0 Å². The quantitative estimate of drug-likeness (QED) is 0.818. The van der Waals surface area contributed by atoms with E-state index in [1.54, 1.807) is 0 Å². The van der Waals surface area contributed by atoms with Crippen LogP contribution in [0.3, 0.4) is 0 Å². The van der Waals surface area contributed by atoms with Gasteiger partial charge < -0.3 is 5.32 Å². The average molecular weight is 263 g/mol. The summed E-state index contributed by atoms with van der Waals surface area (Å²) in [4.78, 5) is 0. The lowest BCUT2D eigenvalue weighted by atomic mass is 10.1. The molecule has 0 aromatic carbocycles. The van der Waals surface area contributed by atoms with Crippen LogP contribution < -0.4 is 5.32 Å². The zero-order chi connectivity index (χ0) is 13.7. The normalized spacial score (nSPS) is 17.9. The van der Waals surface area contributed by atoms with Gasteiger partial charge in [-0.25, -0.2) is 0 Å². The Labute approximate surface area is 117 Å². The van der Waals surface area contributed by atoms with Gasteiger partial charge in [-0.1, -0.05) is 46.5 Å². The molecule has 1 saturated carbocycles. The Morgan fingerprint density at radius 1 is 1.26 bits per heavy atom. The number of hydrogen-bond acceptors (Lipinski definition) is 2.